The fourth-order valence-electron chi connectivity index (χ4n) is 2.63. The van der Waals surface area contributed by atoms with Crippen LogP contribution in [0.2, 0.25) is 0 Å². The first-order chi connectivity index (χ1) is 9.58. The van der Waals surface area contributed by atoms with E-state index in [1.165, 1.54) is 17.5 Å². The lowest BCUT2D eigenvalue weighted by Crippen LogP contribution is -2.06. The van der Waals surface area contributed by atoms with Gasteiger partial charge in [0.1, 0.15) is 17.3 Å². The molecule has 0 amide bonds. The van der Waals surface area contributed by atoms with Crippen LogP contribution < -0.4 is 5.73 Å². The Morgan fingerprint density at radius 2 is 1.95 bits per heavy atom. The molecule has 2 rings (SSSR count). The SMILES string of the molecule is CCCCn1c(CC)nc(-c2ccc(C)cc2C)c1N. The first-order valence-electron chi connectivity index (χ1n) is 7.51. The number of hydrogen-bond donors (Lipinski definition) is 1. The predicted molar refractivity (Wildman–Crippen MR) is 85.8 cm³/mol. The monoisotopic (exact) mass is 271 g/mol. The first-order valence-corrected chi connectivity index (χ1v) is 7.51. The van der Waals surface area contributed by atoms with Crippen molar-refractivity contribution in [2.75, 3.05) is 5.73 Å². The van der Waals surface area contributed by atoms with Crippen LogP contribution in [0.15, 0.2) is 18.2 Å². The van der Waals surface area contributed by atoms with Crippen molar-refractivity contribution < 1.29 is 0 Å². The molecule has 0 atom stereocenters. The number of unbranched alkanes of at least 4 members (excludes halogenated alkanes) is 1. The number of anilines is 1. The number of aromatic nitrogens is 2. The molecule has 3 heteroatoms. The molecular formula is C17H25N3. The number of nitrogens with zero attached hydrogens (tertiary/aromatic N) is 2. The van der Waals surface area contributed by atoms with Crippen LogP contribution in [-0.4, -0.2) is 9.55 Å². The quantitative estimate of drug-likeness (QED) is 0.889. The van der Waals surface area contributed by atoms with Gasteiger partial charge in [-0.25, -0.2) is 4.98 Å². The fraction of sp³-hybridized carbons (Fsp3) is 0.471. The lowest BCUT2D eigenvalue weighted by molar-refractivity contribution is 0.612. The molecule has 0 aliphatic heterocycles. The summed E-state index contributed by atoms with van der Waals surface area (Å²) < 4.78 is 2.18. The van der Waals surface area contributed by atoms with Crippen LogP contribution >= 0.6 is 0 Å². The number of nitrogens with two attached hydrogens (primary N) is 1. The molecule has 0 saturated heterocycles. The number of aryl methyl sites for hydroxylation is 3. The van der Waals surface area contributed by atoms with Gasteiger partial charge in [-0.15, -0.1) is 0 Å². The van der Waals surface area contributed by atoms with Crippen LogP contribution in [0.1, 0.15) is 43.6 Å². The fourth-order valence-corrected chi connectivity index (χ4v) is 2.63. The van der Waals surface area contributed by atoms with Gasteiger partial charge in [-0.1, -0.05) is 44.0 Å². The Morgan fingerprint density at radius 1 is 1.20 bits per heavy atom. The second-order valence-corrected chi connectivity index (χ2v) is 5.44. The average Bonchev–Trinajstić information content (AvgIpc) is 2.73. The highest BCUT2D eigenvalue weighted by Gasteiger charge is 2.16. The van der Waals surface area contributed by atoms with Crippen molar-refractivity contribution in [2.45, 2.75) is 53.5 Å². The molecule has 1 aromatic carbocycles. The Labute approximate surface area is 121 Å². The highest BCUT2D eigenvalue weighted by molar-refractivity contribution is 5.74. The van der Waals surface area contributed by atoms with E-state index in [9.17, 15) is 0 Å². The van der Waals surface area contributed by atoms with Gasteiger partial charge in [0.05, 0.1) is 0 Å². The third-order valence-electron chi connectivity index (χ3n) is 3.77. The molecule has 0 aliphatic rings. The van der Waals surface area contributed by atoms with Gasteiger partial charge in [-0.05, 0) is 25.8 Å². The molecule has 0 unspecified atom stereocenters. The summed E-state index contributed by atoms with van der Waals surface area (Å²) in [6.07, 6.45) is 3.22. The summed E-state index contributed by atoms with van der Waals surface area (Å²) in [5.74, 6) is 1.90. The Morgan fingerprint density at radius 3 is 2.55 bits per heavy atom. The van der Waals surface area contributed by atoms with Crippen LogP contribution in [-0.2, 0) is 13.0 Å². The van der Waals surface area contributed by atoms with Crippen molar-refractivity contribution in [3.8, 4) is 11.3 Å². The summed E-state index contributed by atoms with van der Waals surface area (Å²) in [6, 6.07) is 6.44. The number of rotatable bonds is 5. The summed E-state index contributed by atoms with van der Waals surface area (Å²) in [7, 11) is 0. The third kappa shape index (κ3) is 2.72. The van der Waals surface area contributed by atoms with Gasteiger partial charge >= 0.3 is 0 Å². The molecule has 0 saturated carbocycles. The van der Waals surface area contributed by atoms with E-state index in [-0.39, 0.29) is 0 Å². The van der Waals surface area contributed by atoms with Gasteiger partial charge in [0.15, 0.2) is 0 Å². The van der Waals surface area contributed by atoms with Crippen molar-refractivity contribution in [3.63, 3.8) is 0 Å². The van der Waals surface area contributed by atoms with E-state index in [0.29, 0.717) is 0 Å². The van der Waals surface area contributed by atoms with Gasteiger partial charge < -0.3 is 10.3 Å². The summed E-state index contributed by atoms with van der Waals surface area (Å²) in [6.45, 7) is 9.53. The summed E-state index contributed by atoms with van der Waals surface area (Å²) in [4.78, 5) is 4.78. The zero-order chi connectivity index (χ0) is 14.7. The molecule has 0 fully saturated rings. The third-order valence-corrected chi connectivity index (χ3v) is 3.77. The Hall–Kier alpha value is -1.77. The molecule has 20 heavy (non-hydrogen) atoms. The summed E-state index contributed by atoms with van der Waals surface area (Å²) in [5, 5.41) is 0. The van der Waals surface area contributed by atoms with Gasteiger partial charge in [-0.3, -0.25) is 0 Å². The Balaban J connectivity index is 2.49. The Bertz CT molecular complexity index is 597. The minimum atomic E-state index is 0.808. The van der Waals surface area contributed by atoms with Crippen LogP contribution in [0.5, 0.6) is 0 Å². The molecule has 0 bridgehead atoms. The van der Waals surface area contributed by atoms with Crippen LogP contribution in [0, 0.1) is 13.8 Å². The molecular weight excluding hydrogens is 246 g/mol. The molecule has 0 aliphatic carbocycles. The molecule has 108 valence electrons. The van der Waals surface area contributed by atoms with Gasteiger partial charge in [0.2, 0.25) is 0 Å². The molecule has 0 spiro atoms. The highest BCUT2D eigenvalue weighted by atomic mass is 15.1. The van der Waals surface area contributed by atoms with Crippen LogP contribution in [0.3, 0.4) is 0 Å². The predicted octanol–water partition coefficient (Wildman–Crippen LogP) is 4.11. The van der Waals surface area contributed by atoms with Gasteiger partial charge in [-0.2, -0.15) is 0 Å². The highest BCUT2D eigenvalue weighted by Crippen LogP contribution is 2.30. The van der Waals surface area contributed by atoms with Gasteiger partial charge in [0.25, 0.3) is 0 Å². The number of hydrogen-bond acceptors (Lipinski definition) is 2. The van der Waals surface area contributed by atoms with E-state index in [0.717, 1.165) is 42.3 Å². The van der Waals surface area contributed by atoms with E-state index in [1.807, 2.05) is 0 Å². The maximum absolute atomic E-state index is 6.36. The maximum atomic E-state index is 6.36. The van der Waals surface area contributed by atoms with E-state index < -0.39 is 0 Å². The minimum absolute atomic E-state index is 0.808. The number of nitrogen functional groups attached to an aromatic ring is 1. The van der Waals surface area contributed by atoms with Crippen molar-refractivity contribution in [1.82, 2.24) is 9.55 Å². The van der Waals surface area contributed by atoms with E-state index in [4.69, 9.17) is 10.7 Å². The standard InChI is InChI=1S/C17H25N3/c1-5-7-10-20-15(6-2)19-16(17(20)18)14-9-8-12(3)11-13(14)4/h8-9,11H,5-7,10,18H2,1-4H3. The summed E-state index contributed by atoms with van der Waals surface area (Å²) in [5.41, 5.74) is 11.0. The summed E-state index contributed by atoms with van der Waals surface area (Å²) >= 11 is 0. The van der Waals surface area contributed by atoms with Crippen LogP contribution in [0.25, 0.3) is 11.3 Å². The van der Waals surface area contributed by atoms with Crippen molar-refractivity contribution in [2.24, 2.45) is 0 Å². The Kier molecular flexibility index (Phi) is 4.48. The van der Waals surface area contributed by atoms with Crippen molar-refractivity contribution in [1.29, 1.82) is 0 Å². The topological polar surface area (TPSA) is 43.8 Å². The maximum Gasteiger partial charge on any atom is 0.131 e. The largest absolute Gasteiger partial charge is 0.383 e. The van der Waals surface area contributed by atoms with E-state index in [2.05, 4.69) is 50.5 Å². The van der Waals surface area contributed by atoms with Crippen molar-refractivity contribution in [3.05, 3.63) is 35.2 Å². The zero-order valence-corrected chi connectivity index (χ0v) is 13.0. The normalized spacial score (nSPS) is 11.0. The lowest BCUT2D eigenvalue weighted by atomic mass is 10.0. The smallest absolute Gasteiger partial charge is 0.131 e. The molecule has 2 aromatic rings. The molecule has 2 N–H and O–H groups in total. The van der Waals surface area contributed by atoms with E-state index in [1.54, 1.807) is 0 Å². The zero-order valence-electron chi connectivity index (χ0n) is 13.0. The second-order valence-electron chi connectivity index (χ2n) is 5.44. The average molecular weight is 271 g/mol. The van der Waals surface area contributed by atoms with Crippen LogP contribution in [0.4, 0.5) is 5.82 Å². The first kappa shape index (κ1) is 14.6. The molecule has 1 aromatic heterocycles. The van der Waals surface area contributed by atoms with Crippen molar-refractivity contribution >= 4 is 5.82 Å². The minimum Gasteiger partial charge on any atom is -0.383 e. The molecule has 0 radical (unpaired) electrons. The number of benzene rings is 1. The number of imidazole rings is 1. The van der Waals surface area contributed by atoms with E-state index >= 15 is 0 Å². The second kappa shape index (κ2) is 6.12. The molecule has 3 nitrogen and oxygen atoms in total. The van der Waals surface area contributed by atoms with Gasteiger partial charge in [0, 0.05) is 18.5 Å². The molecule has 1 heterocycles. The lowest BCUT2D eigenvalue weighted by Gasteiger charge is -2.08.